The van der Waals surface area contributed by atoms with Crippen LogP contribution in [-0.2, 0) is 88.8 Å². The third-order valence-electron chi connectivity index (χ3n) is 17.4. The number of benzene rings is 3. The zero-order chi connectivity index (χ0) is 71.9. The number of rotatable bonds is 49. The summed E-state index contributed by atoms with van der Waals surface area (Å²) in [5.74, 6) is -0.969. The Morgan fingerprint density at radius 3 is 1.89 bits per heavy atom. The number of ether oxygens (including phenoxy) is 7. The number of Topliss-reactive ketones (excluding diaryl/α,β-unsaturated/α-hetero) is 2. The van der Waals surface area contributed by atoms with E-state index in [2.05, 4.69) is 47.3 Å². The average Bonchev–Trinajstić information content (AvgIpc) is 1.61. The standard InChI is InChI=1S/C71H99BrN4O20S3.2Na/c1-70(2)59-20-5-7-23-62(59)75(38-15-51-97(81,82)83)65(70)33-27-54-17-11-18-55(69(54)96-57-29-31-58(32-30-57)99(87,88)89)28-34-66-71(3,60-21-6-8-24-63(60)76(66)39-16-52-98(84,85)86)36-12-26-67(79)73-37-10-9-22-61(64(78)25-14-41-92-45-48-94-44-43-90-4)74-68(80)35-42-93-47-50-95-49-46-91-40-13-19-56(77)53-72;;/h5-8,20-21,23-24,27-34,61H,9-19,22,25-26,35-53H2,1-4H3,(H4-,73,74,79,80,81,82,83,84,85,86,87,88,89);;/q;2*+1/p-2. The zero-order valence-corrected chi connectivity index (χ0v) is 67.3. The van der Waals surface area contributed by atoms with E-state index in [1.54, 1.807) is 7.11 Å². The second-order valence-corrected chi connectivity index (χ2v) is 30.2. The second kappa shape index (κ2) is 45.6. The first-order valence-corrected chi connectivity index (χ1v) is 39.5. The molecule has 2 amide bonds. The first-order chi connectivity index (χ1) is 47.3. The van der Waals surface area contributed by atoms with Gasteiger partial charge in [0.2, 0.25) is 17.5 Å². The van der Waals surface area contributed by atoms with Crippen molar-refractivity contribution >= 4 is 86.8 Å². The number of nitrogens with zero attached hydrogens (tertiary/aromatic N) is 2. The predicted molar refractivity (Wildman–Crippen MR) is 375 cm³/mol. The van der Waals surface area contributed by atoms with Crippen LogP contribution in [-0.4, -0.2) is 195 Å². The van der Waals surface area contributed by atoms with Gasteiger partial charge in [-0.3, -0.25) is 19.2 Å². The molecule has 1 aliphatic carbocycles. The van der Waals surface area contributed by atoms with Gasteiger partial charge in [0.05, 0.1) is 101 Å². The van der Waals surface area contributed by atoms with Gasteiger partial charge in [0.1, 0.15) is 34.0 Å². The van der Waals surface area contributed by atoms with E-state index in [9.17, 15) is 58.1 Å². The van der Waals surface area contributed by atoms with Gasteiger partial charge in [-0.2, -0.15) is 4.58 Å². The number of anilines is 1. The average molecular weight is 1550 g/mol. The SMILES string of the molecule is COCCOCCOCCCC(=O)C(CCCCNC(=O)CCCC1(C)/C(=C\C=C2/CCCC(/C=C/C3=[N+](CCCS(=O)(=O)[O-])c4ccccc4C3(C)C)=C2Oc2ccc(S(=O)(=O)[O-])cc2)N(CCCS(=O)(=O)[O-])c2ccccc21)NC(=O)CCOCCOCCOCCCC(=O)CBr.[Na+].[Na+]. The molecule has 101 heavy (non-hydrogen) atoms. The molecule has 548 valence electrons. The summed E-state index contributed by atoms with van der Waals surface area (Å²) in [6, 6.07) is 19.9. The third kappa shape index (κ3) is 30.5. The summed E-state index contributed by atoms with van der Waals surface area (Å²) < 4.78 is 149. The number of nitrogens with one attached hydrogen (secondary N) is 2. The minimum Gasteiger partial charge on any atom is -0.748 e. The van der Waals surface area contributed by atoms with Crippen LogP contribution < -0.4 is 79.4 Å². The van der Waals surface area contributed by atoms with Crippen LogP contribution in [0.3, 0.4) is 0 Å². The Morgan fingerprint density at radius 1 is 0.644 bits per heavy atom. The van der Waals surface area contributed by atoms with Crippen LogP contribution in [0.1, 0.15) is 135 Å². The molecule has 2 heterocycles. The van der Waals surface area contributed by atoms with Crippen LogP contribution in [0.5, 0.6) is 5.75 Å². The first-order valence-electron chi connectivity index (χ1n) is 33.8. The number of unbranched alkanes of at least 4 members (excludes halogenated alkanes) is 1. The number of methoxy groups -OCH3 is 1. The Bertz CT molecular complexity index is 3680. The second-order valence-electron chi connectivity index (χ2n) is 25.2. The summed E-state index contributed by atoms with van der Waals surface area (Å²) in [6.07, 6.45) is 13.9. The van der Waals surface area contributed by atoms with E-state index in [0.29, 0.717) is 148 Å². The van der Waals surface area contributed by atoms with Crippen molar-refractivity contribution in [1.29, 1.82) is 0 Å². The van der Waals surface area contributed by atoms with Crippen molar-refractivity contribution in [3.8, 4) is 5.75 Å². The normalized spacial score (nSPS) is 17.0. The van der Waals surface area contributed by atoms with Gasteiger partial charge in [0.25, 0.3) is 0 Å². The van der Waals surface area contributed by atoms with Crippen molar-refractivity contribution in [3.05, 3.63) is 131 Å². The van der Waals surface area contributed by atoms with Gasteiger partial charge in [-0.15, -0.1) is 0 Å². The number of fused-ring (bicyclic) bond motifs is 2. The molecule has 3 aliphatic rings. The molecule has 2 N–H and O–H groups in total. The van der Waals surface area contributed by atoms with E-state index in [4.69, 9.17) is 33.2 Å². The number of alkyl halides is 1. The molecule has 30 heteroatoms. The van der Waals surface area contributed by atoms with E-state index >= 15 is 0 Å². The van der Waals surface area contributed by atoms with Crippen molar-refractivity contribution in [2.45, 2.75) is 145 Å². The van der Waals surface area contributed by atoms with Crippen LogP contribution >= 0.6 is 15.9 Å². The maximum Gasteiger partial charge on any atom is 1.00 e. The maximum atomic E-state index is 13.7. The molecule has 3 aromatic carbocycles. The molecule has 2 aliphatic heterocycles. The van der Waals surface area contributed by atoms with Gasteiger partial charge in [0, 0.05) is 112 Å². The van der Waals surface area contributed by atoms with Crippen LogP contribution in [0.25, 0.3) is 0 Å². The number of carbonyl (C=O) groups is 4. The molecule has 0 spiro atoms. The molecule has 24 nitrogen and oxygen atoms in total. The summed E-state index contributed by atoms with van der Waals surface area (Å²) >= 11 is 3.15. The Labute approximate surface area is 649 Å². The molecule has 6 rings (SSSR count). The zero-order valence-electron chi connectivity index (χ0n) is 59.3. The quantitative estimate of drug-likeness (QED) is 0.0270. The van der Waals surface area contributed by atoms with Gasteiger partial charge in [-0.25, -0.2) is 25.3 Å². The maximum absolute atomic E-state index is 13.7. The molecule has 2 atom stereocenters. The van der Waals surface area contributed by atoms with Gasteiger partial charge >= 0.3 is 59.1 Å². The molecular weight excluding hydrogens is 1450 g/mol. The fraction of sp³-hybridized carbons (Fsp3) is 0.563. The fourth-order valence-corrected chi connectivity index (χ4v) is 14.0. The van der Waals surface area contributed by atoms with Crippen LogP contribution in [0.2, 0.25) is 0 Å². The summed E-state index contributed by atoms with van der Waals surface area (Å²) in [6.45, 7) is 10.8. The van der Waals surface area contributed by atoms with Gasteiger partial charge in [-0.05, 0) is 151 Å². The smallest absolute Gasteiger partial charge is 0.748 e. The molecule has 0 fully saturated rings. The molecular formula is C71H97BrN4Na2O20S3. The minimum atomic E-state index is -4.78. The van der Waals surface area contributed by atoms with Gasteiger partial charge < -0.3 is 62.3 Å². The van der Waals surface area contributed by atoms with Crippen molar-refractivity contribution < 1.29 is 155 Å². The number of para-hydroxylation sites is 2. The summed E-state index contributed by atoms with van der Waals surface area (Å²) in [4.78, 5) is 53.4. The van der Waals surface area contributed by atoms with Crippen molar-refractivity contribution in [1.82, 2.24) is 10.6 Å². The van der Waals surface area contributed by atoms with Crippen molar-refractivity contribution in [3.63, 3.8) is 0 Å². The molecule has 3 aromatic rings. The van der Waals surface area contributed by atoms with Crippen LogP contribution in [0.4, 0.5) is 11.4 Å². The molecule has 0 bridgehead atoms. The van der Waals surface area contributed by atoms with Gasteiger partial charge in [-0.1, -0.05) is 58.4 Å². The predicted octanol–water partition coefficient (Wildman–Crippen LogP) is 2.66. The molecule has 0 aromatic heterocycles. The first kappa shape index (κ1) is 89.5. The number of hydrogen-bond donors (Lipinski definition) is 2. The Morgan fingerprint density at radius 2 is 1.25 bits per heavy atom. The van der Waals surface area contributed by atoms with E-state index in [0.717, 1.165) is 45.1 Å². The molecule has 0 saturated carbocycles. The van der Waals surface area contributed by atoms with Crippen molar-refractivity contribution in [2.75, 3.05) is 121 Å². The number of amides is 2. The number of halogens is 1. The third-order valence-corrected chi connectivity index (χ3v) is 20.4. The van der Waals surface area contributed by atoms with Crippen LogP contribution in [0.15, 0.2) is 125 Å². The van der Waals surface area contributed by atoms with E-state index in [1.807, 2.05) is 82.3 Å². The topological polar surface area (TPSA) is 335 Å². The summed E-state index contributed by atoms with van der Waals surface area (Å²) in [7, 11) is -12.2. The van der Waals surface area contributed by atoms with Crippen molar-refractivity contribution in [2.24, 2.45) is 0 Å². The number of hydrogen-bond acceptors (Lipinski definition) is 21. The summed E-state index contributed by atoms with van der Waals surface area (Å²) in [5.41, 5.74) is 5.46. The molecule has 0 radical (unpaired) electrons. The van der Waals surface area contributed by atoms with E-state index < -0.39 is 63.6 Å². The van der Waals surface area contributed by atoms with E-state index in [-0.39, 0.29) is 147 Å². The van der Waals surface area contributed by atoms with Crippen LogP contribution in [0, 0.1) is 0 Å². The number of carbonyl (C=O) groups excluding carboxylic acids is 4. The monoisotopic (exact) mass is 1550 g/mol. The molecule has 0 saturated heterocycles. The minimum absolute atomic E-state index is 0. The largest absolute Gasteiger partial charge is 1.00 e. The van der Waals surface area contributed by atoms with Gasteiger partial charge in [0.15, 0.2) is 11.5 Å². The van der Waals surface area contributed by atoms with E-state index in [1.165, 1.54) is 24.3 Å². The summed E-state index contributed by atoms with van der Waals surface area (Å²) in [5, 5.41) is 6.26. The number of ketones is 2. The Kier molecular flexibility index (Phi) is 40.4. The number of allylic oxidation sites excluding steroid dienone is 7. The fourth-order valence-electron chi connectivity index (χ4n) is 12.3. The Balaban J connectivity index is 0.0000108. The molecule has 2 unspecified atom stereocenters. The Hall–Kier alpha value is -3.86.